The lowest BCUT2D eigenvalue weighted by Gasteiger charge is -2.17. The topological polar surface area (TPSA) is 72.5 Å². The Morgan fingerprint density at radius 2 is 2.23 bits per heavy atom. The van der Waals surface area contributed by atoms with E-state index < -0.39 is 17.7 Å². The molecule has 0 aromatic carbocycles. The van der Waals surface area contributed by atoms with Gasteiger partial charge in [0.1, 0.15) is 6.61 Å². The Morgan fingerprint density at radius 3 is 2.81 bits per heavy atom. The van der Waals surface area contributed by atoms with Crippen molar-refractivity contribution in [3.63, 3.8) is 0 Å². The molecule has 1 aliphatic carbocycles. The number of hydrogen-bond donors (Lipinski definition) is 2. The van der Waals surface area contributed by atoms with Crippen LogP contribution in [0.4, 0.5) is 13.2 Å². The third-order valence-electron chi connectivity index (χ3n) is 4.86. The van der Waals surface area contributed by atoms with Crippen LogP contribution >= 0.6 is 0 Å². The molecule has 144 valence electrons. The van der Waals surface area contributed by atoms with Crippen molar-refractivity contribution in [2.45, 2.75) is 44.7 Å². The Bertz CT molecular complexity index is 662. The molecule has 0 bridgehead atoms. The summed E-state index contributed by atoms with van der Waals surface area (Å²) in [7, 11) is 1.36. The first kappa shape index (κ1) is 18.8. The van der Waals surface area contributed by atoms with Gasteiger partial charge in [-0.25, -0.2) is 13.2 Å². The van der Waals surface area contributed by atoms with Gasteiger partial charge in [-0.2, -0.15) is 4.98 Å². The third-order valence-corrected chi connectivity index (χ3v) is 4.86. The number of alkyl halides is 2. The third kappa shape index (κ3) is 4.03. The highest BCUT2D eigenvalue weighted by Crippen LogP contribution is 2.50. The van der Waals surface area contributed by atoms with Crippen LogP contribution < -0.4 is 20.1 Å². The van der Waals surface area contributed by atoms with Gasteiger partial charge < -0.3 is 20.1 Å². The standard InChI is InChI=1S/C17H22F3N3O3/c1-25-14-10(8-22-13(24)12-3-2-6-21-12)7-11(18)15(23-14)26-9-17(4-5-17)16(19)20/h7,12,16,21H,2-6,8-9H2,1H3,(H,22,24). The molecule has 2 heterocycles. The minimum Gasteiger partial charge on any atom is -0.481 e. The summed E-state index contributed by atoms with van der Waals surface area (Å²) in [5.74, 6) is -1.23. The van der Waals surface area contributed by atoms with Gasteiger partial charge in [-0.1, -0.05) is 0 Å². The van der Waals surface area contributed by atoms with Gasteiger partial charge in [-0.15, -0.1) is 0 Å². The minimum atomic E-state index is -2.51. The monoisotopic (exact) mass is 373 g/mol. The van der Waals surface area contributed by atoms with Crippen molar-refractivity contribution < 1.29 is 27.4 Å². The summed E-state index contributed by atoms with van der Waals surface area (Å²) < 4.78 is 50.4. The number of halogens is 3. The predicted molar refractivity (Wildman–Crippen MR) is 86.8 cm³/mol. The zero-order valence-corrected chi connectivity index (χ0v) is 14.5. The van der Waals surface area contributed by atoms with Crippen molar-refractivity contribution in [2.24, 2.45) is 5.41 Å². The van der Waals surface area contributed by atoms with E-state index in [1.54, 1.807) is 0 Å². The number of ether oxygens (including phenoxy) is 2. The predicted octanol–water partition coefficient (Wildman–Crippen LogP) is 2.02. The van der Waals surface area contributed by atoms with Crippen LogP contribution in [0.1, 0.15) is 31.2 Å². The smallest absolute Gasteiger partial charge is 0.253 e. The van der Waals surface area contributed by atoms with Crippen LogP contribution in [0, 0.1) is 11.2 Å². The Kier molecular flexibility index (Phi) is 5.55. The number of amides is 1. The number of carbonyl (C=O) groups is 1. The van der Waals surface area contributed by atoms with Crippen molar-refractivity contribution in [1.29, 1.82) is 0 Å². The molecule has 2 aliphatic rings. The molecular formula is C17H22F3N3O3. The number of methoxy groups -OCH3 is 1. The van der Waals surface area contributed by atoms with Crippen molar-refractivity contribution in [1.82, 2.24) is 15.6 Å². The maximum absolute atomic E-state index is 14.2. The van der Waals surface area contributed by atoms with E-state index in [-0.39, 0.29) is 36.9 Å². The highest BCUT2D eigenvalue weighted by molar-refractivity contribution is 5.82. The Hall–Kier alpha value is -2.03. The van der Waals surface area contributed by atoms with Gasteiger partial charge in [0.05, 0.1) is 18.6 Å². The zero-order valence-electron chi connectivity index (χ0n) is 14.5. The first-order chi connectivity index (χ1) is 12.4. The van der Waals surface area contributed by atoms with Crippen LogP contribution in [0.15, 0.2) is 6.07 Å². The highest BCUT2D eigenvalue weighted by Gasteiger charge is 2.52. The Balaban J connectivity index is 1.63. The normalized spacial score (nSPS) is 20.9. The minimum absolute atomic E-state index is 0.0470. The molecule has 1 saturated carbocycles. The average molecular weight is 373 g/mol. The largest absolute Gasteiger partial charge is 0.481 e. The van der Waals surface area contributed by atoms with Crippen molar-refractivity contribution in [3.8, 4) is 11.8 Å². The summed E-state index contributed by atoms with van der Waals surface area (Å²) in [6.07, 6.45) is -0.116. The summed E-state index contributed by atoms with van der Waals surface area (Å²) in [6, 6.07) is 0.899. The van der Waals surface area contributed by atoms with Crippen LogP contribution in [-0.2, 0) is 11.3 Å². The second-order valence-electron chi connectivity index (χ2n) is 6.76. The van der Waals surface area contributed by atoms with E-state index in [0.29, 0.717) is 18.4 Å². The number of nitrogens with zero attached hydrogens (tertiary/aromatic N) is 1. The number of carbonyl (C=O) groups excluding carboxylic acids is 1. The van der Waals surface area contributed by atoms with Crippen LogP contribution in [0.3, 0.4) is 0 Å². The number of rotatable bonds is 8. The van der Waals surface area contributed by atoms with Crippen LogP contribution in [0.25, 0.3) is 0 Å². The lowest BCUT2D eigenvalue weighted by molar-refractivity contribution is -0.122. The van der Waals surface area contributed by atoms with E-state index in [2.05, 4.69) is 15.6 Å². The van der Waals surface area contributed by atoms with Crippen LogP contribution in [-0.4, -0.2) is 43.6 Å². The molecule has 2 fully saturated rings. The molecule has 1 aromatic rings. The number of aromatic nitrogens is 1. The molecule has 3 rings (SSSR count). The van der Waals surface area contributed by atoms with Crippen LogP contribution in [0.5, 0.6) is 11.8 Å². The van der Waals surface area contributed by atoms with E-state index in [9.17, 15) is 18.0 Å². The Labute approximate surface area is 149 Å². The quantitative estimate of drug-likeness (QED) is 0.730. The highest BCUT2D eigenvalue weighted by atomic mass is 19.3. The van der Waals surface area contributed by atoms with Gasteiger partial charge in [0, 0.05) is 12.1 Å². The Morgan fingerprint density at radius 1 is 1.46 bits per heavy atom. The number of nitrogens with one attached hydrogen (secondary N) is 2. The molecule has 6 nitrogen and oxygen atoms in total. The van der Waals surface area contributed by atoms with E-state index in [1.165, 1.54) is 7.11 Å². The molecule has 26 heavy (non-hydrogen) atoms. The van der Waals surface area contributed by atoms with E-state index in [4.69, 9.17) is 9.47 Å². The molecule has 1 amide bonds. The molecule has 1 aromatic heterocycles. The van der Waals surface area contributed by atoms with Gasteiger partial charge in [-0.3, -0.25) is 4.79 Å². The maximum Gasteiger partial charge on any atom is 0.253 e. The molecule has 1 saturated heterocycles. The van der Waals surface area contributed by atoms with E-state index in [0.717, 1.165) is 25.5 Å². The van der Waals surface area contributed by atoms with E-state index >= 15 is 0 Å². The van der Waals surface area contributed by atoms with Crippen molar-refractivity contribution in [2.75, 3.05) is 20.3 Å². The lowest BCUT2D eigenvalue weighted by Crippen LogP contribution is -2.40. The fourth-order valence-electron chi connectivity index (χ4n) is 2.91. The average Bonchev–Trinajstić information content (AvgIpc) is 3.22. The van der Waals surface area contributed by atoms with Crippen molar-refractivity contribution >= 4 is 5.91 Å². The summed E-state index contributed by atoms with van der Waals surface area (Å²) in [5, 5.41) is 5.79. The number of pyridine rings is 1. The summed E-state index contributed by atoms with van der Waals surface area (Å²) in [4.78, 5) is 16.0. The second-order valence-corrected chi connectivity index (χ2v) is 6.76. The van der Waals surface area contributed by atoms with Crippen LogP contribution in [0.2, 0.25) is 0 Å². The van der Waals surface area contributed by atoms with E-state index in [1.807, 2.05) is 0 Å². The van der Waals surface area contributed by atoms with Gasteiger partial charge >= 0.3 is 0 Å². The fraction of sp³-hybridized carbons (Fsp3) is 0.647. The number of hydrogen-bond acceptors (Lipinski definition) is 5. The van der Waals surface area contributed by atoms with Gasteiger partial charge in [0.15, 0.2) is 5.82 Å². The SMILES string of the molecule is COc1nc(OCC2(C(F)F)CC2)c(F)cc1CNC(=O)C1CCCN1. The molecule has 1 unspecified atom stereocenters. The summed E-state index contributed by atoms with van der Waals surface area (Å²) in [6.45, 7) is 0.552. The fourth-order valence-corrected chi connectivity index (χ4v) is 2.91. The summed E-state index contributed by atoms with van der Waals surface area (Å²) >= 11 is 0. The molecule has 0 spiro atoms. The first-order valence-corrected chi connectivity index (χ1v) is 8.60. The molecule has 9 heteroatoms. The first-order valence-electron chi connectivity index (χ1n) is 8.60. The zero-order chi connectivity index (χ0) is 18.7. The summed E-state index contributed by atoms with van der Waals surface area (Å²) in [5.41, 5.74) is -0.846. The van der Waals surface area contributed by atoms with Gasteiger partial charge in [-0.05, 0) is 38.3 Å². The lowest BCUT2D eigenvalue weighted by atomic mass is 10.1. The van der Waals surface area contributed by atoms with Gasteiger partial charge in [0.2, 0.25) is 18.2 Å². The second kappa shape index (κ2) is 7.69. The molecule has 1 aliphatic heterocycles. The molecule has 2 N–H and O–H groups in total. The molecule has 1 atom stereocenters. The maximum atomic E-state index is 14.2. The van der Waals surface area contributed by atoms with Crippen molar-refractivity contribution in [3.05, 3.63) is 17.4 Å². The molecule has 0 radical (unpaired) electrons. The molecular weight excluding hydrogens is 351 g/mol. The van der Waals surface area contributed by atoms with Gasteiger partial charge in [0.25, 0.3) is 5.88 Å².